The average Bonchev–Trinajstić information content (AvgIpc) is 3.05. The number of hydrogen-bond acceptors (Lipinski definition) is 4. The molecule has 3 N–H and O–H groups in total. The highest BCUT2D eigenvalue weighted by Crippen LogP contribution is 2.27. The van der Waals surface area contributed by atoms with E-state index in [0.717, 1.165) is 28.3 Å². The van der Waals surface area contributed by atoms with E-state index in [1.54, 1.807) is 18.5 Å². The Balaban J connectivity index is 0.000000271. The van der Waals surface area contributed by atoms with Crippen LogP contribution in [0, 0.1) is 0 Å². The fourth-order valence-electron chi connectivity index (χ4n) is 2.75. The van der Waals surface area contributed by atoms with E-state index < -0.39 is 0 Å². The fourth-order valence-corrected chi connectivity index (χ4v) is 3.43. The second-order valence-electron chi connectivity index (χ2n) is 6.10. The number of halogens is 2. The normalized spacial score (nSPS) is 10.4. The van der Waals surface area contributed by atoms with Crippen LogP contribution in [0.15, 0.2) is 72.0 Å². The molecule has 2 aromatic heterocycles. The van der Waals surface area contributed by atoms with Crippen molar-refractivity contribution in [2.24, 2.45) is 0 Å². The van der Waals surface area contributed by atoms with Crippen molar-refractivity contribution < 1.29 is 0 Å². The Kier molecular flexibility index (Phi) is 7.23. The summed E-state index contributed by atoms with van der Waals surface area (Å²) in [6, 6.07) is 15.4. The zero-order chi connectivity index (χ0) is 19.9. The Morgan fingerprint density at radius 2 is 1.82 bits per heavy atom. The van der Waals surface area contributed by atoms with Crippen molar-refractivity contribution in [1.82, 2.24) is 15.3 Å². The Hall–Kier alpha value is -2.18. The molecule has 0 bridgehead atoms. The van der Waals surface area contributed by atoms with Gasteiger partial charge in [-0.15, -0.1) is 12.6 Å². The summed E-state index contributed by atoms with van der Waals surface area (Å²) in [6.07, 6.45) is 5.45. The van der Waals surface area contributed by atoms with Crippen LogP contribution in [0.1, 0.15) is 5.56 Å². The van der Waals surface area contributed by atoms with Gasteiger partial charge in [-0.1, -0.05) is 29.3 Å². The highest BCUT2D eigenvalue weighted by molar-refractivity contribution is 7.80. The topological polar surface area (TPSA) is 52.7 Å². The van der Waals surface area contributed by atoms with Gasteiger partial charge in [-0.05, 0) is 55.1 Å². The minimum atomic E-state index is 0.613. The van der Waals surface area contributed by atoms with Crippen molar-refractivity contribution in [3.8, 4) is 0 Å². The van der Waals surface area contributed by atoms with Gasteiger partial charge in [0, 0.05) is 62.4 Å². The van der Waals surface area contributed by atoms with E-state index >= 15 is 0 Å². The molecule has 0 aliphatic heterocycles. The predicted octanol–water partition coefficient (Wildman–Crippen LogP) is 6.31. The lowest BCUT2D eigenvalue weighted by Crippen LogP contribution is -2.03. The first-order valence-electron chi connectivity index (χ1n) is 8.62. The molecule has 4 aromatic rings. The minimum Gasteiger partial charge on any atom is -0.361 e. The predicted molar refractivity (Wildman–Crippen MR) is 122 cm³/mol. The Bertz CT molecular complexity index is 1030. The molecule has 0 amide bonds. The molecule has 0 aliphatic carbocycles. The van der Waals surface area contributed by atoms with Crippen molar-refractivity contribution in [1.29, 1.82) is 0 Å². The smallest absolute Gasteiger partial charge is 0.0478 e. The van der Waals surface area contributed by atoms with Crippen LogP contribution in [0.5, 0.6) is 0 Å². The fraction of sp³-hybridized carbons (Fsp3) is 0.0952. The summed E-state index contributed by atoms with van der Waals surface area (Å²) in [6.45, 7) is 0.844. The first-order chi connectivity index (χ1) is 13.5. The number of anilines is 2. The van der Waals surface area contributed by atoms with E-state index in [9.17, 15) is 0 Å². The maximum Gasteiger partial charge on any atom is 0.0478 e. The third-order valence-corrected chi connectivity index (χ3v) is 4.63. The molecule has 144 valence electrons. The molecule has 0 saturated heterocycles. The third-order valence-electron chi connectivity index (χ3n) is 3.93. The molecule has 2 aromatic carbocycles. The number of nitrogens with one attached hydrogen (secondary N) is 3. The van der Waals surface area contributed by atoms with Gasteiger partial charge in [0.25, 0.3) is 0 Å². The number of pyridine rings is 1. The second-order valence-corrected chi connectivity index (χ2v) is 7.49. The van der Waals surface area contributed by atoms with E-state index in [4.69, 9.17) is 23.2 Å². The van der Waals surface area contributed by atoms with Gasteiger partial charge in [-0.25, -0.2) is 0 Å². The molecule has 0 unspecified atom stereocenters. The number of nitrogens with zero attached hydrogens (tertiary/aromatic N) is 1. The number of hydrogen-bond donors (Lipinski definition) is 4. The molecule has 2 heterocycles. The van der Waals surface area contributed by atoms with E-state index in [1.165, 1.54) is 10.9 Å². The SMILES string of the molecule is CNCc1c[nH]c2cc(Nc3cc(Cl)cc(Cl)c3)ccc12.Sc1cccnc1. The van der Waals surface area contributed by atoms with Crippen LogP contribution in [0.2, 0.25) is 10.0 Å². The first-order valence-corrected chi connectivity index (χ1v) is 9.82. The lowest BCUT2D eigenvalue weighted by molar-refractivity contribution is 0.823. The Morgan fingerprint density at radius 1 is 1.04 bits per heavy atom. The number of aromatic amines is 1. The zero-order valence-corrected chi connectivity index (χ0v) is 17.6. The summed E-state index contributed by atoms with van der Waals surface area (Å²) >= 11 is 16.0. The maximum absolute atomic E-state index is 6.01. The number of fused-ring (bicyclic) bond motifs is 1. The molecule has 0 radical (unpaired) electrons. The van der Waals surface area contributed by atoms with E-state index in [2.05, 4.69) is 45.4 Å². The largest absolute Gasteiger partial charge is 0.361 e. The standard InChI is InChI=1S/C16H15Cl2N3.C5H5NS/c1-19-8-10-9-20-16-7-13(2-3-15(10)16)21-14-5-11(17)4-12(18)6-14;7-5-2-1-3-6-4-5/h2-7,9,19-21H,8H2,1H3;1-4,7H. The number of rotatable bonds is 4. The highest BCUT2D eigenvalue weighted by Gasteiger charge is 2.05. The molecular weight excluding hydrogens is 411 g/mol. The first kappa shape index (κ1) is 20.6. The minimum absolute atomic E-state index is 0.613. The maximum atomic E-state index is 6.01. The summed E-state index contributed by atoms with van der Waals surface area (Å²) in [5.41, 5.74) is 4.20. The van der Waals surface area contributed by atoms with Crippen LogP contribution < -0.4 is 10.6 Å². The van der Waals surface area contributed by atoms with Gasteiger partial charge in [0.15, 0.2) is 0 Å². The Morgan fingerprint density at radius 3 is 2.43 bits per heavy atom. The van der Waals surface area contributed by atoms with Gasteiger partial charge >= 0.3 is 0 Å². The summed E-state index contributed by atoms with van der Waals surface area (Å²) in [5, 5.41) is 8.93. The number of benzene rings is 2. The molecule has 0 fully saturated rings. The van der Waals surface area contributed by atoms with Crippen molar-refractivity contribution in [3.05, 3.63) is 82.7 Å². The summed E-state index contributed by atoms with van der Waals surface area (Å²) in [5.74, 6) is 0. The summed E-state index contributed by atoms with van der Waals surface area (Å²) < 4.78 is 0. The van der Waals surface area contributed by atoms with Crippen molar-refractivity contribution in [3.63, 3.8) is 0 Å². The molecular formula is C21H20Cl2N4S. The van der Waals surface area contributed by atoms with Crippen LogP contribution in [0.3, 0.4) is 0 Å². The van der Waals surface area contributed by atoms with Gasteiger partial charge < -0.3 is 15.6 Å². The quantitative estimate of drug-likeness (QED) is 0.287. The molecule has 7 heteroatoms. The van der Waals surface area contributed by atoms with E-state index in [1.807, 2.05) is 43.6 Å². The zero-order valence-electron chi connectivity index (χ0n) is 15.2. The molecule has 4 nitrogen and oxygen atoms in total. The van der Waals surface area contributed by atoms with Crippen LogP contribution >= 0.6 is 35.8 Å². The van der Waals surface area contributed by atoms with Crippen LogP contribution in [0.25, 0.3) is 10.9 Å². The van der Waals surface area contributed by atoms with Gasteiger partial charge in [0.2, 0.25) is 0 Å². The van der Waals surface area contributed by atoms with Gasteiger partial charge in [0.1, 0.15) is 0 Å². The van der Waals surface area contributed by atoms with Gasteiger partial charge in [0.05, 0.1) is 0 Å². The molecule has 0 spiro atoms. The number of aromatic nitrogens is 2. The van der Waals surface area contributed by atoms with Crippen molar-refractivity contribution >= 4 is 58.1 Å². The number of H-pyrrole nitrogens is 1. The summed E-state index contributed by atoms with van der Waals surface area (Å²) in [7, 11) is 1.94. The lowest BCUT2D eigenvalue weighted by Gasteiger charge is -2.08. The molecule has 28 heavy (non-hydrogen) atoms. The van der Waals surface area contributed by atoms with E-state index in [-0.39, 0.29) is 0 Å². The van der Waals surface area contributed by atoms with Crippen LogP contribution in [-0.4, -0.2) is 17.0 Å². The highest BCUT2D eigenvalue weighted by atomic mass is 35.5. The molecule has 0 saturated carbocycles. The lowest BCUT2D eigenvalue weighted by atomic mass is 10.1. The van der Waals surface area contributed by atoms with Crippen molar-refractivity contribution in [2.75, 3.05) is 12.4 Å². The second kappa shape index (κ2) is 9.85. The molecule has 0 atom stereocenters. The van der Waals surface area contributed by atoms with Crippen molar-refractivity contribution in [2.45, 2.75) is 11.4 Å². The summed E-state index contributed by atoms with van der Waals surface area (Å²) in [4.78, 5) is 8.00. The van der Waals surface area contributed by atoms with Gasteiger partial charge in [-0.3, -0.25) is 4.98 Å². The molecule has 4 rings (SSSR count). The third kappa shape index (κ3) is 5.66. The number of thiol groups is 1. The van der Waals surface area contributed by atoms with Crippen LogP contribution in [-0.2, 0) is 6.54 Å². The van der Waals surface area contributed by atoms with Crippen LogP contribution in [0.4, 0.5) is 11.4 Å². The molecule has 0 aliphatic rings. The van der Waals surface area contributed by atoms with Gasteiger partial charge in [-0.2, -0.15) is 0 Å². The van der Waals surface area contributed by atoms with E-state index in [0.29, 0.717) is 10.0 Å². The Labute approximate surface area is 179 Å². The monoisotopic (exact) mass is 430 g/mol. The average molecular weight is 431 g/mol.